The van der Waals surface area contributed by atoms with Gasteiger partial charge in [-0.25, -0.2) is 0 Å². The number of ether oxygens (including phenoxy) is 1. The van der Waals surface area contributed by atoms with Gasteiger partial charge in [-0.1, -0.05) is 30.3 Å². The van der Waals surface area contributed by atoms with Gasteiger partial charge in [-0.15, -0.1) is 11.8 Å². The summed E-state index contributed by atoms with van der Waals surface area (Å²) in [4.78, 5) is 0. The molecule has 0 radical (unpaired) electrons. The van der Waals surface area contributed by atoms with Crippen LogP contribution in [0.15, 0.2) is 58.8 Å². The fourth-order valence-corrected chi connectivity index (χ4v) is 3.18. The number of hydrogen-bond donors (Lipinski definition) is 0. The molecule has 0 bridgehead atoms. The van der Waals surface area contributed by atoms with Gasteiger partial charge in [0, 0.05) is 6.26 Å². The van der Waals surface area contributed by atoms with E-state index in [4.69, 9.17) is 4.74 Å². The van der Waals surface area contributed by atoms with E-state index in [0.717, 1.165) is 21.3 Å². The zero-order valence-electron chi connectivity index (χ0n) is 11.4. The summed E-state index contributed by atoms with van der Waals surface area (Å²) in [5.74, 6) is 1.57. The summed E-state index contributed by atoms with van der Waals surface area (Å²) < 4.78 is 18.2. The predicted molar refractivity (Wildman–Crippen MR) is 88.5 cm³/mol. The smallest absolute Gasteiger partial charge is 0.128 e. The normalized spacial score (nSPS) is 13.0. The first-order valence-corrected chi connectivity index (χ1v) is 8.89. The van der Waals surface area contributed by atoms with Crippen LogP contribution < -0.4 is 4.74 Å². The molecule has 0 saturated carbocycles. The lowest BCUT2D eigenvalue weighted by Crippen LogP contribution is -1.88. The van der Waals surface area contributed by atoms with Gasteiger partial charge in [-0.05, 0) is 42.2 Å². The van der Waals surface area contributed by atoms with E-state index in [1.54, 1.807) is 6.26 Å². The summed E-state index contributed by atoms with van der Waals surface area (Å²) in [6.45, 7) is 0. The van der Waals surface area contributed by atoms with E-state index >= 15 is 0 Å². The third-order valence-corrected chi connectivity index (χ3v) is 5.01. The molecule has 0 aliphatic carbocycles. The Morgan fingerprint density at radius 3 is 2.45 bits per heavy atom. The molecule has 1 unspecified atom stereocenters. The van der Waals surface area contributed by atoms with Gasteiger partial charge in [0.2, 0.25) is 0 Å². The first-order chi connectivity index (χ1) is 9.69. The quantitative estimate of drug-likeness (QED) is 0.812. The minimum absolute atomic E-state index is 0.771. The van der Waals surface area contributed by atoms with E-state index in [0.29, 0.717) is 0 Å². The maximum absolute atomic E-state index is 11.5. The summed E-state index contributed by atoms with van der Waals surface area (Å²) in [7, 11) is -0.965. The summed E-state index contributed by atoms with van der Waals surface area (Å²) >= 11 is 1.50. The van der Waals surface area contributed by atoms with Crippen LogP contribution in [-0.2, 0) is 10.8 Å². The second kappa shape index (κ2) is 7.31. The standard InChI is InChI=1S/C16H16O2S2/c1-19-16(20(2)17)12-13-7-6-10-15(11-13)18-14-8-4-3-5-9-14/h3-12H,1-2H3. The van der Waals surface area contributed by atoms with Crippen LogP contribution in [0.25, 0.3) is 6.08 Å². The Morgan fingerprint density at radius 2 is 1.80 bits per heavy atom. The highest BCUT2D eigenvalue weighted by Crippen LogP contribution is 2.25. The molecule has 0 heterocycles. The highest BCUT2D eigenvalue weighted by atomic mass is 32.2. The molecule has 2 nitrogen and oxygen atoms in total. The van der Waals surface area contributed by atoms with Crippen molar-refractivity contribution in [1.82, 2.24) is 0 Å². The highest BCUT2D eigenvalue weighted by Gasteiger charge is 2.02. The Balaban J connectivity index is 2.22. The topological polar surface area (TPSA) is 26.3 Å². The molecule has 2 rings (SSSR count). The van der Waals surface area contributed by atoms with Crippen molar-refractivity contribution in [3.8, 4) is 11.5 Å². The molecule has 2 aromatic carbocycles. The Hall–Kier alpha value is -1.52. The molecule has 1 atom stereocenters. The van der Waals surface area contributed by atoms with Crippen LogP contribution in [0, 0.1) is 0 Å². The van der Waals surface area contributed by atoms with Crippen molar-refractivity contribution < 1.29 is 8.95 Å². The van der Waals surface area contributed by atoms with E-state index in [1.165, 1.54) is 11.8 Å². The maximum atomic E-state index is 11.5. The van der Waals surface area contributed by atoms with Crippen molar-refractivity contribution in [2.45, 2.75) is 0 Å². The molecule has 0 aliphatic heterocycles. The number of benzene rings is 2. The van der Waals surface area contributed by atoms with Gasteiger partial charge in [-0.3, -0.25) is 4.21 Å². The summed E-state index contributed by atoms with van der Waals surface area (Å²) in [6, 6.07) is 17.4. The molecule has 20 heavy (non-hydrogen) atoms. The minimum atomic E-state index is -0.965. The van der Waals surface area contributed by atoms with E-state index in [1.807, 2.05) is 66.9 Å². The van der Waals surface area contributed by atoms with Gasteiger partial charge in [0.1, 0.15) is 11.5 Å². The molecule has 0 spiro atoms. The van der Waals surface area contributed by atoms with Crippen LogP contribution in [0.5, 0.6) is 11.5 Å². The van der Waals surface area contributed by atoms with Crippen molar-refractivity contribution >= 4 is 28.6 Å². The molecule has 0 amide bonds. The Bertz CT molecular complexity index is 621. The fourth-order valence-electron chi connectivity index (χ4n) is 1.69. The largest absolute Gasteiger partial charge is 0.457 e. The van der Waals surface area contributed by atoms with Crippen molar-refractivity contribution in [3.63, 3.8) is 0 Å². The Kier molecular flexibility index (Phi) is 5.44. The van der Waals surface area contributed by atoms with Gasteiger partial charge in [0.05, 0.1) is 15.0 Å². The lowest BCUT2D eigenvalue weighted by molar-refractivity contribution is 0.482. The average Bonchev–Trinajstić information content (AvgIpc) is 2.46. The number of thioether (sulfide) groups is 1. The molecule has 0 N–H and O–H groups in total. The van der Waals surface area contributed by atoms with E-state index in [9.17, 15) is 4.21 Å². The van der Waals surface area contributed by atoms with E-state index in [2.05, 4.69) is 0 Å². The van der Waals surface area contributed by atoms with Crippen molar-refractivity contribution in [2.24, 2.45) is 0 Å². The summed E-state index contributed by atoms with van der Waals surface area (Å²) in [5.41, 5.74) is 0.984. The molecule has 0 aromatic heterocycles. The molecule has 104 valence electrons. The summed E-state index contributed by atoms with van der Waals surface area (Å²) in [6.07, 6.45) is 5.54. The monoisotopic (exact) mass is 304 g/mol. The van der Waals surface area contributed by atoms with E-state index in [-0.39, 0.29) is 0 Å². The molecule has 2 aromatic rings. The zero-order valence-corrected chi connectivity index (χ0v) is 13.0. The fraction of sp³-hybridized carbons (Fsp3) is 0.125. The van der Waals surface area contributed by atoms with Crippen molar-refractivity contribution in [2.75, 3.05) is 12.5 Å². The number of para-hydroxylation sites is 1. The van der Waals surface area contributed by atoms with Crippen LogP contribution in [-0.4, -0.2) is 16.7 Å². The molecule has 0 aliphatic rings. The number of hydrogen-bond acceptors (Lipinski definition) is 3. The molecule has 0 saturated heterocycles. The zero-order chi connectivity index (χ0) is 14.4. The third-order valence-electron chi connectivity index (χ3n) is 2.61. The van der Waals surface area contributed by atoms with Gasteiger partial charge in [0.15, 0.2) is 0 Å². The van der Waals surface area contributed by atoms with Crippen molar-refractivity contribution in [1.29, 1.82) is 0 Å². The Morgan fingerprint density at radius 1 is 1.10 bits per heavy atom. The van der Waals surface area contributed by atoms with E-state index < -0.39 is 10.8 Å². The molecule has 0 fully saturated rings. The van der Waals surface area contributed by atoms with Crippen molar-refractivity contribution in [3.05, 3.63) is 64.4 Å². The van der Waals surface area contributed by atoms with Crippen LogP contribution in [0.2, 0.25) is 0 Å². The third kappa shape index (κ3) is 4.25. The SMILES string of the molecule is CSC(=Cc1cccc(Oc2ccccc2)c1)S(C)=O. The number of rotatable bonds is 5. The van der Waals surface area contributed by atoms with Crippen LogP contribution >= 0.6 is 11.8 Å². The average molecular weight is 304 g/mol. The summed E-state index contributed by atoms with van der Waals surface area (Å²) in [5, 5.41) is 0. The minimum Gasteiger partial charge on any atom is -0.457 e. The second-order valence-corrected chi connectivity index (χ2v) is 6.56. The van der Waals surface area contributed by atoms with Gasteiger partial charge < -0.3 is 4.74 Å². The second-order valence-electron chi connectivity index (χ2n) is 4.11. The van der Waals surface area contributed by atoms with Crippen LogP contribution in [0.4, 0.5) is 0 Å². The maximum Gasteiger partial charge on any atom is 0.128 e. The van der Waals surface area contributed by atoms with Crippen LogP contribution in [0.3, 0.4) is 0 Å². The first kappa shape index (κ1) is 14.9. The molecular weight excluding hydrogens is 288 g/mol. The van der Waals surface area contributed by atoms with Gasteiger partial charge in [0.25, 0.3) is 0 Å². The lowest BCUT2D eigenvalue weighted by atomic mass is 10.2. The van der Waals surface area contributed by atoms with Gasteiger partial charge in [-0.2, -0.15) is 0 Å². The Labute approximate surface area is 126 Å². The van der Waals surface area contributed by atoms with Gasteiger partial charge >= 0.3 is 0 Å². The lowest BCUT2D eigenvalue weighted by Gasteiger charge is -2.06. The predicted octanol–water partition coefficient (Wildman–Crippen LogP) is 4.52. The van der Waals surface area contributed by atoms with Crippen LogP contribution in [0.1, 0.15) is 5.56 Å². The first-order valence-electron chi connectivity index (χ1n) is 6.11. The molecule has 4 heteroatoms. The molecular formula is C16H16O2S2. The highest BCUT2D eigenvalue weighted by molar-refractivity contribution is 8.16.